The smallest absolute Gasteiger partial charge is 0.294 e. The molecule has 12 nitrogen and oxygen atoms in total. The van der Waals surface area contributed by atoms with Crippen LogP contribution in [0, 0.1) is 0 Å². The van der Waals surface area contributed by atoms with Gasteiger partial charge >= 0.3 is 0 Å². The fourth-order valence-corrected chi connectivity index (χ4v) is 5.31. The third-order valence-corrected chi connectivity index (χ3v) is 7.96. The number of benzene rings is 5. The van der Waals surface area contributed by atoms with Gasteiger partial charge in [-0.2, -0.15) is 16.8 Å². The lowest BCUT2D eigenvalue weighted by molar-refractivity contribution is -0.118. The number of fused-ring (bicyclic) bond motifs is 2. The molecule has 0 aromatic heterocycles. The molecule has 5 aromatic rings. The average molecular weight is 640 g/mol. The minimum atomic E-state index is -4.37. The van der Waals surface area contributed by atoms with E-state index in [1.165, 1.54) is 19.1 Å². The average Bonchev–Trinajstić information content (AvgIpc) is 2.95. The number of carbonyl (C=O) groups excluding carboxylic acids is 1. The van der Waals surface area contributed by atoms with E-state index in [-0.39, 0.29) is 27.2 Å². The van der Waals surface area contributed by atoms with Crippen LogP contribution in [0.4, 0.5) is 17.1 Å². The Morgan fingerprint density at radius 3 is 1.64 bits per heavy atom. The van der Waals surface area contributed by atoms with E-state index in [2.05, 4.69) is 16.0 Å². The van der Waals surface area contributed by atoms with E-state index in [9.17, 15) is 31.8 Å². The molecule has 0 bridgehead atoms. The second-order valence-electron chi connectivity index (χ2n) is 9.61. The van der Waals surface area contributed by atoms with Crippen LogP contribution in [0.15, 0.2) is 101 Å². The quantitative estimate of drug-likeness (QED) is 0.0901. The van der Waals surface area contributed by atoms with Crippen LogP contribution in [-0.2, 0) is 25.0 Å². The maximum Gasteiger partial charge on any atom is 0.294 e. The molecule has 0 saturated carbocycles. The zero-order chi connectivity index (χ0) is 32.1. The van der Waals surface area contributed by atoms with Crippen molar-refractivity contribution in [2.24, 2.45) is 0 Å². The van der Waals surface area contributed by atoms with Gasteiger partial charge in [-0.25, -0.2) is 0 Å². The van der Waals surface area contributed by atoms with E-state index < -0.39 is 20.2 Å². The summed E-state index contributed by atoms with van der Waals surface area (Å²) < 4.78 is 62.7. The Hall–Kier alpha value is -4.89. The minimum absolute atomic E-state index is 0.115. The SMILES string of the molecule is CC(=O)NCCNc1ccc2cc(S(=O)(=O)O)cc(O)c2c1.O=S(=O)(O)c1cc(O)c2cc(Nc3ccccc3)ccc2c1. The van der Waals surface area contributed by atoms with E-state index in [4.69, 9.17) is 9.11 Å². The molecule has 0 aliphatic carbocycles. The molecular weight excluding hydrogens is 610 g/mol. The molecule has 0 saturated heterocycles. The molecule has 230 valence electrons. The molecule has 0 aliphatic rings. The van der Waals surface area contributed by atoms with Crippen molar-refractivity contribution >= 4 is 64.8 Å². The van der Waals surface area contributed by atoms with Gasteiger partial charge in [0.2, 0.25) is 5.91 Å². The van der Waals surface area contributed by atoms with Crippen molar-refractivity contribution in [3.8, 4) is 11.5 Å². The first kappa shape index (κ1) is 32.0. The lowest BCUT2D eigenvalue weighted by Crippen LogP contribution is -2.26. The normalized spacial score (nSPS) is 11.4. The second kappa shape index (κ2) is 13.2. The van der Waals surface area contributed by atoms with Crippen molar-refractivity contribution in [1.29, 1.82) is 0 Å². The third-order valence-electron chi connectivity index (χ3n) is 6.30. The molecule has 1 amide bonds. The van der Waals surface area contributed by atoms with Gasteiger partial charge in [0.1, 0.15) is 11.5 Å². The molecular formula is C30H29N3O9S2. The van der Waals surface area contributed by atoms with Crippen LogP contribution in [0.2, 0.25) is 0 Å². The monoisotopic (exact) mass is 639 g/mol. The number of amides is 1. The van der Waals surface area contributed by atoms with Gasteiger partial charge in [0, 0.05) is 60.0 Å². The van der Waals surface area contributed by atoms with Crippen LogP contribution < -0.4 is 16.0 Å². The number of phenols is 2. The van der Waals surface area contributed by atoms with Gasteiger partial charge in [0.25, 0.3) is 20.2 Å². The number of rotatable bonds is 8. The number of para-hydroxylation sites is 1. The van der Waals surface area contributed by atoms with Crippen molar-refractivity contribution < 1.29 is 40.9 Å². The number of phenolic OH excluding ortho intramolecular Hbond substituents is 2. The molecule has 5 aromatic carbocycles. The molecule has 0 spiro atoms. The zero-order valence-electron chi connectivity index (χ0n) is 23.2. The van der Waals surface area contributed by atoms with Gasteiger partial charge in [-0.1, -0.05) is 30.3 Å². The lowest BCUT2D eigenvalue weighted by atomic mass is 10.1. The highest BCUT2D eigenvalue weighted by atomic mass is 32.2. The van der Waals surface area contributed by atoms with E-state index in [1.807, 2.05) is 30.3 Å². The molecule has 0 aliphatic heterocycles. The summed E-state index contributed by atoms with van der Waals surface area (Å²) in [6.45, 7) is 2.40. The van der Waals surface area contributed by atoms with E-state index in [1.54, 1.807) is 36.4 Å². The fourth-order valence-electron chi connectivity index (χ4n) is 4.24. The fraction of sp³-hybridized carbons (Fsp3) is 0.100. The van der Waals surface area contributed by atoms with Crippen molar-refractivity contribution in [3.05, 3.63) is 91.0 Å². The highest BCUT2D eigenvalue weighted by molar-refractivity contribution is 7.86. The van der Waals surface area contributed by atoms with E-state index >= 15 is 0 Å². The van der Waals surface area contributed by atoms with Crippen LogP contribution in [0.5, 0.6) is 11.5 Å². The molecule has 14 heteroatoms. The summed E-state index contributed by atoms with van der Waals surface area (Å²) in [4.78, 5) is 10.1. The maximum atomic E-state index is 11.2. The Kier molecular flexibility index (Phi) is 9.59. The third kappa shape index (κ3) is 8.35. The Morgan fingerprint density at radius 1 is 0.636 bits per heavy atom. The summed E-state index contributed by atoms with van der Waals surface area (Å²) >= 11 is 0. The Bertz CT molecular complexity index is 2050. The number of carbonyl (C=O) groups is 1. The molecule has 44 heavy (non-hydrogen) atoms. The van der Waals surface area contributed by atoms with Crippen LogP contribution in [-0.4, -0.2) is 55.2 Å². The number of nitrogens with one attached hydrogen (secondary N) is 3. The lowest BCUT2D eigenvalue weighted by Gasteiger charge is -2.09. The summed E-state index contributed by atoms with van der Waals surface area (Å²) in [5.41, 5.74) is 2.37. The predicted octanol–water partition coefficient (Wildman–Crippen LogP) is 4.88. The van der Waals surface area contributed by atoms with Gasteiger partial charge in [0.05, 0.1) is 9.79 Å². The number of hydrogen-bond acceptors (Lipinski definition) is 9. The molecule has 0 unspecified atom stereocenters. The molecule has 5 rings (SSSR count). The number of hydrogen-bond donors (Lipinski definition) is 7. The van der Waals surface area contributed by atoms with Crippen molar-refractivity contribution in [2.45, 2.75) is 16.7 Å². The first-order valence-corrected chi connectivity index (χ1v) is 15.9. The van der Waals surface area contributed by atoms with Crippen LogP contribution >= 0.6 is 0 Å². The van der Waals surface area contributed by atoms with E-state index in [0.717, 1.165) is 23.5 Å². The first-order chi connectivity index (χ1) is 20.7. The summed E-state index contributed by atoms with van der Waals surface area (Å²) in [6.07, 6.45) is 0. The summed E-state index contributed by atoms with van der Waals surface area (Å²) in [5.74, 6) is -0.562. The van der Waals surface area contributed by atoms with Crippen LogP contribution in [0.25, 0.3) is 21.5 Å². The molecule has 7 N–H and O–H groups in total. The summed E-state index contributed by atoms with van der Waals surface area (Å²) in [7, 11) is -8.72. The van der Waals surface area contributed by atoms with Gasteiger partial charge in [-0.05, 0) is 59.3 Å². The summed E-state index contributed by atoms with van der Waals surface area (Å²) in [6, 6.07) is 24.3. The van der Waals surface area contributed by atoms with Crippen LogP contribution in [0.1, 0.15) is 6.92 Å². The summed E-state index contributed by atoms with van der Waals surface area (Å²) in [5, 5.41) is 30.8. The highest BCUT2D eigenvalue weighted by Gasteiger charge is 2.15. The molecule has 0 radical (unpaired) electrons. The molecule has 0 atom stereocenters. The molecule has 0 fully saturated rings. The molecule has 0 heterocycles. The van der Waals surface area contributed by atoms with Crippen molar-refractivity contribution in [3.63, 3.8) is 0 Å². The first-order valence-electron chi connectivity index (χ1n) is 13.0. The second-order valence-corrected chi connectivity index (χ2v) is 12.5. The topological polar surface area (TPSA) is 202 Å². The number of anilines is 3. The number of aromatic hydroxyl groups is 2. The van der Waals surface area contributed by atoms with Crippen LogP contribution in [0.3, 0.4) is 0 Å². The van der Waals surface area contributed by atoms with Gasteiger partial charge in [0.15, 0.2) is 0 Å². The van der Waals surface area contributed by atoms with Crippen molar-refractivity contribution in [1.82, 2.24) is 5.32 Å². The Balaban J connectivity index is 0.000000201. The van der Waals surface area contributed by atoms with Gasteiger partial charge in [-0.15, -0.1) is 0 Å². The van der Waals surface area contributed by atoms with Gasteiger partial charge < -0.3 is 26.2 Å². The van der Waals surface area contributed by atoms with Gasteiger partial charge in [-0.3, -0.25) is 13.9 Å². The highest BCUT2D eigenvalue weighted by Crippen LogP contribution is 2.32. The van der Waals surface area contributed by atoms with Crippen molar-refractivity contribution in [2.75, 3.05) is 23.7 Å². The standard InChI is InChI=1S/C16H13NO4S.C14H16N2O5S/c18-16-10-14(22(19,20)21)8-11-6-7-13(9-15(11)16)17-12-4-2-1-3-5-12;1-9(17)15-4-5-16-11-3-2-10-6-12(22(19,20)21)8-14(18)13(10)7-11/h1-10,17-18H,(H,19,20,21);2-3,6-8,16,18H,4-5H2,1H3,(H,15,17)(H,19,20,21). The maximum absolute atomic E-state index is 11.2. The Labute approximate surface area is 253 Å². The Morgan fingerprint density at radius 2 is 1.14 bits per heavy atom. The predicted molar refractivity (Wildman–Crippen MR) is 168 cm³/mol. The minimum Gasteiger partial charge on any atom is -0.507 e. The largest absolute Gasteiger partial charge is 0.507 e. The van der Waals surface area contributed by atoms with E-state index in [0.29, 0.717) is 40.3 Å². The zero-order valence-corrected chi connectivity index (χ0v) is 24.9.